The number of aliphatic hydroxyl groups excluding tert-OH is 1. The van der Waals surface area contributed by atoms with Gasteiger partial charge < -0.3 is 24.4 Å². The van der Waals surface area contributed by atoms with Crippen molar-refractivity contribution in [3.05, 3.63) is 24.3 Å². The van der Waals surface area contributed by atoms with E-state index in [9.17, 15) is 14.4 Å². The molecule has 4 aliphatic heterocycles. The molecule has 4 heterocycles. The van der Waals surface area contributed by atoms with Crippen molar-refractivity contribution >= 4 is 17.8 Å². The number of ether oxygens (including phenoxy) is 2. The minimum absolute atomic E-state index is 0.0369. The van der Waals surface area contributed by atoms with Crippen molar-refractivity contribution in [1.29, 1.82) is 0 Å². The molecule has 2 saturated heterocycles. The van der Waals surface area contributed by atoms with E-state index in [4.69, 9.17) is 14.6 Å². The number of rotatable bonds is 9. The summed E-state index contributed by atoms with van der Waals surface area (Å²) in [6.07, 6.45) is 14.7. The van der Waals surface area contributed by atoms with Crippen LogP contribution in [0.2, 0.25) is 0 Å². The van der Waals surface area contributed by atoms with E-state index in [2.05, 4.69) is 13.8 Å². The summed E-state index contributed by atoms with van der Waals surface area (Å²) in [6.45, 7) is 5.52. The molecule has 8 nitrogen and oxygen atoms in total. The maximum Gasteiger partial charge on any atom is 0.312 e. The maximum absolute atomic E-state index is 14.1. The Labute approximate surface area is 214 Å². The number of amides is 2. The minimum atomic E-state index is -1.19. The smallest absolute Gasteiger partial charge is 0.312 e. The quantitative estimate of drug-likeness (QED) is 0.296. The fraction of sp³-hybridized carbons (Fsp3) is 0.750. The molecule has 0 aliphatic carbocycles. The predicted octanol–water partition coefficient (Wildman–Crippen LogP) is 2.99. The van der Waals surface area contributed by atoms with Gasteiger partial charge in [0.15, 0.2) is 0 Å². The number of hydrogen-bond acceptors (Lipinski definition) is 6. The number of nitrogens with zero attached hydrogens (tertiary/aromatic N) is 2. The van der Waals surface area contributed by atoms with Crippen LogP contribution in [0.4, 0.5) is 0 Å². The van der Waals surface area contributed by atoms with E-state index in [-0.39, 0.29) is 24.5 Å². The summed E-state index contributed by atoms with van der Waals surface area (Å²) in [5.74, 6) is -2.27. The molecule has 4 aliphatic rings. The zero-order valence-corrected chi connectivity index (χ0v) is 21.8. The summed E-state index contributed by atoms with van der Waals surface area (Å²) in [5, 5.41) is 9.10. The molecule has 2 fully saturated rings. The van der Waals surface area contributed by atoms with Crippen molar-refractivity contribution in [2.45, 2.75) is 95.4 Å². The summed E-state index contributed by atoms with van der Waals surface area (Å²) in [4.78, 5) is 45.0. The minimum Gasteiger partial charge on any atom is -0.465 e. The zero-order chi connectivity index (χ0) is 25.7. The van der Waals surface area contributed by atoms with Gasteiger partial charge >= 0.3 is 5.97 Å². The topological polar surface area (TPSA) is 96.4 Å². The molecular weight excluding hydrogens is 460 g/mol. The zero-order valence-electron chi connectivity index (χ0n) is 21.8. The lowest BCUT2D eigenvalue weighted by atomic mass is 9.78. The predicted molar refractivity (Wildman–Crippen MR) is 135 cm³/mol. The van der Waals surface area contributed by atoms with Crippen molar-refractivity contribution in [2.75, 3.05) is 26.3 Å². The Hall–Kier alpha value is -2.19. The van der Waals surface area contributed by atoms with E-state index in [1.807, 2.05) is 29.2 Å². The molecule has 36 heavy (non-hydrogen) atoms. The fourth-order valence-electron chi connectivity index (χ4n) is 6.39. The highest BCUT2D eigenvalue weighted by Crippen LogP contribution is 2.53. The molecule has 0 aromatic carbocycles. The SMILES string of the molecule is CCCC(C)N1CC=C[C@]23O[C@@H]4/C=C\CCCCOC(=O)[C@@H]4[C@H]2C(=O)N(CCCCCCO)C3C1=O. The van der Waals surface area contributed by atoms with Crippen LogP contribution >= 0.6 is 0 Å². The van der Waals surface area contributed by atoms with Gasteiger partial charge in [0.25, 0.3) is 0 Å². The van der Waals surface area contributed by atoms with Gasteiger partial charge in [-0.25, -0.2) is 0 Å². The third-order valence-electron chi connectivity index (χ3n) is 8.18. The summed E-state index contributed by atoms with van der Waals surface area (Å²) in [7, 11) is 0. The monoisotopic (exact) mass is 502 g/mol. The Bertz CT molecular complexity index is 872. The second-order valence-electron chi connectivity index (χ2n) is 10.6. The number of carbonyl (C=O) groups is 3. The number of cyclic esters (lactones) is 1. The fourth-order valence-corrected chi connectivity index (χ4v) is 6.39. The molecule has 200 valence electrons. The number of esters is 1. The van der Waals surface area contributed by atoms with Gasteiger partial charge in [-0.05, 0) is 45.4 Å². The van der Waals surface area contributed by atoms with Crippen molar-refractivity contribution in [2.24, 2.45) is 11.8 Å². The number of aliphatic hydroxyl groups is 1. The summed E-state index contributed by atoms with van der Waals surface area (Å²) < 4.78 is 12.3. The van der Waals surface area contributed by atoms with E-state index in [1.54, 1.807) is 4.90 Å². The molecule has 0 saturated carbocycles. The standard InChI is InChI=1S/C28H42N2O6/c1-3-13-20(2)29-17-12-15-28-23(22-21(36-28)14-8-4-7-11-19-35-27(22)34)25(32)30(24(28)26(29)33)16-9-5-6-10-18-31/h8,12,14-15,20-24,31H,3-7,9-11,13,16-19H2,1-2H3/b14-8-/t20?,21-,22+,23+,24?,28+/m1/s1. The summed E-state index contributed by atoms with van der Waals surface area (Å²) in [6, 6.07) is -0.764. The van der Waals surface area contributed by atoms with E-state index in [1.165, 1.54) is 0 Å². The lowest BCUT2D eigenvalue weighted by Gasteiger charge is -2.37. The molecule has 2 unspecified atom stereocenters. The van der Waals surface area contributed by atoms with Crippen molar-refractivity contribution in [3.63, 3.8) is 0 Å². The molecule has 4 rings (SSSR count). The first kappa shape index (κ1) is 26.9. The third kappa shape index (κ3) is 4.99. The van der Waals surface area contributed by atoms with Crippen molar-refractivity contribution < 1.29 is 29.0 Å². The van der Waals surface area contributed by atoms with E-state index in [0.717, 1.165) is 57.8 Å². The Morgan fingerprint density at radius 1 is 1.11 bits per heavy atom. The number of likely N-dealkylation sites (tertiary alicyclic amines) is 1. The van der Waals surface area contributed by atoms with Crippen molar-refractivity contribution in [1.82, 2.24) is 9.80 Å². The molecule has 0 bridgehead atoms. The van der Waals surface area contributed by atoms with Gasteiger partial charge in [0.2, 0.25) is 11.8 Å². The number of fused-ring (bicyclic) bond motifs is 2. The van der Waals surface area contributed by atoms with Gasteiger partial charge in [-0.3, -0.25) is 14.4 Å². The highest BCUT2D eigenvalue weighted by atomic mass is 16.6. The summed E-state index contributed by atoms with van der Waals surface area (Å²) in [5.41, 5.74) is -1.19. The number of carbonyl (C=O) groups excluding carboxylic acids is 3. The van der Waals surface area contributed by atoms with Crippen LogP contribution in [-0.2, 0) is 23.9 Å². The molecule has 6 atom stereocenters. The average Bonchev–Trinajstić information content (AvgIpc) is 3.24. The highest BCUT2D eigenvalue weighted by molar-refractivity contribution is 5.99. The first-order valence-corrected chi connectivity index (χ1v) is 13.9. The molecule has 0 aromatic rings. The first-order chi connectivity index (χ1) is 17.5. The van der Waals surface area contributed by atoms with Crippen LogP contribution < -0.4 is 0 Å². The lowest BCUT2D eigenvalue weighted by Crippen LogP contribution is -2.56. The Morgan fingerprint density at radius 3 is 2.69 bits per heavy atom. The molecule has 1 spiro atoms. The van der Waals surface area contributed by atoms with Gasteiger partial charge in [0, 0.05) is 25.7 Å². The number of hydrogen-bond donors (Lipinski definition) is 1. The average molecular weight is 503 g/mol. The normalized spacial score (nSPS) is 34.0. The Balaban J connectivity index is 1.71. The molecule has 8 heteroatoms. The molecular formula is C28H42N2O6. The van der Waals surface area contributed by atoms with Crippen LogP contribution in [0, 0.1) is 11.8 Å². The highest BCUT2D eigenvalue weighted by Gasteiger charge is 2.71. The number of unbranched alkanes of at least 4 members (excludes halogenated alkanes) is 3. The van der Waals surface area contributed by atoms with Crippen molar-refractivity contribution in [3.8, 4) is 0 Å². The van der Waals surface area contributed by atoms with Gasteiger partial charge in [0.05, 0.1) is 18.6 Å². The molecule has 0 aromatic heterocycles. The van der Waals surface area contributed by atoms with E-state index in [0.29, 0.717) is 19.7 Å². The molecule has 2 amide bonds. The third-order valence-corrected chi connectivity index (χ3v) is 8.18. The van der Waals surface area contributed by atoms with Crippen LogP contribution in [0.25, 0.3) is 0 Å². The van der Waals surface area contributed by atoms with E-state index < -0.39 is 35.6 Å². The Kier molecular flexibility index (Phi) is 8.88. The second kappa shape index (κ2) is 11.9. The Morgan fingerprint density at radius 2 is 1.92 bits per heavy atom. The molecule has 0 radical (unpaired) electrons. The van der Waals surface area contributed by atoms with E-state index >= 15 is 0 Å². The summed E-state index contributed by atoms with van der Waals surface area (Å²) >= 11 is 0. The second-order valence-corrected chi connectivity index (χ2v) is 10.6. The van der Waals surface area contributed by atoms with Crippen LogP contribution in [0.15, 0.2) is 24.3 Å². The van der Waals surface area contributed by atoms with Crippen LogP contribution in [0.1, 0.15) is 71.6 Å². The maximum atomic E-state index is 14.1. The lowest BCUT2D eigenvalue weighted by molar-refractivity contribution is -0.155. The van der Waals surface area contributed by atoms with Gasteiger partial charge in [-0.1, -0.05) is 50.5 Å². The van der Waals surface area contributed by atoms with Crippen LogP contribution in [-0.4, -0.2) is 82.8 Å². The first-order valence-electron chi connectivity index (χ1n) is 13.9. The molecule has 1 N–H and O–H groups in total. The van der Waals surface area contributed by atoms with Crippen LogP contribution in [0.5, 0.6) is 0 Å². The number of allylic oxidation sites excluding steroid dienone is 1. The van der Waals surface area contributed by atoms with Gasteiger partial charge in [-0.15, -0.1) is 0 Å². The van der Waals surface area contributed by atoms with Crippen LogP contribution in [0.3, 0.4) is 0 Å². The van der Waals surface area contributed by atoms with Gasteiger partial charge in [0.1, 0.15) is 17.6 Å². The largest absolute Gasteiger partial charge is 0.465 e. The van der Waals surface area contributed by atoms with Gasteiger partial charge in [-0.2, -0.15) is 0 Å².